The number of hydrogen-bond acceptors (Lipinski definition) is 3. The van der Waals surface area contributed by atoms with Gasteiger partial charge in [-0.1, -0.05) is 48.6 Å². The Bertz CT molecular complexity index is 1190. The molecule has 1 aliphatic heterocycles. The number of hydrogen-bond donors (Lipinski definition) is 0. The average molecular weight is 468 g/mol. The minimum atomic E-state index is -1.15. The van der Waals surface area contributed by atoms with Crippen molar-refractivity contribution >= 4 is 7.85 Å². The summed E-state index contributed by atoms with van der Waals surface area (Å²) >= 11 is 0. The molecule has 174 valence electrons. The topological polar surface area (TPSA) is 27.7 Å². The van der Waals surface area contributed by atoms with Crippen LogP contribution in [0.4, 0.5) is 17.6 Å². The standard InChI is InChI=1S/C26H21BF4O3/c1-2-3-15-12-32-26(33-13-15)20-9-8-18(22(28)24(20)30)16-4-6-17(7-5-16)19-10-11-21(34-14-27)25(31)23(19)29/h2-11,15,26H,12-14H2,1H3/b3-2+. The van der Waals surface area contributed by atoms with Crippen molar-refractivity contribution in [3.8, 4) is 28.0 Å². The second-order valence-corrected chi connectivity index (χ2v) is 7.74. The summed E-state index contributed by atoms with van der Waals surface area (Å²) in [6, 6.07) is 11.5. The molecule has 1 heterocycles. The van der Waals surface area contributed by atoms with E-state index in [2.05, 4.69) is 0 Å². The average Bonchev–Trinajstić information content (AvgIpc) is 2.85. The van der Waals surface area contributed by atoms with Gasteiger partial charge in [-0.15, -0.1) is 0 Å². The van der Waals surface area contributed by atoms with Crippen LogP contribution < -0.4 is 4.74 Å². The molecule has 1 fully saturated rings. The molecule has 1 aliphatic rings. The maximum Gasteiger partial charge on any atom is 0.201 e. The SMILES string of the molecule is [B]COc1ccc(-c2ccc(-c3ccc(C4OCC(/C=C/C)CO4)c(F)c3F)cc2)c(F)c1F. The zero-order valence-electron chi connectivity index (χ0n) is 18.4. The molecule has 0 unspecified atom stereocenters. The van der Waals surface area contributed by atoms with E-state index in [1.54, 1.807) is 0 Å². The van der Waals surface area contributed by atoms with E-state index >= 15 is 0 Å². The number of allylic oxidation sites excluding steroid dienone is 1. The summed E-state index contributed by atoms with van der Waals surface area (Å²) in [5.74, 6) is -4.58. The Morgan fingerprint density at radius 2 is 1.38 bits per heavy atom. The molecular formula is C26H21BF4O3. The van der Waals surface area contributed by atoms with Crippen molar-refractivity contribution in [2.45, 2.75) is 13.2 Å². The molecular weight excluding hydrogens is 447 g/mol. The van der Waals surface area contributed by atoms with Crippen LogP contribution in [0, 0.1) is 29.2 Å². The highest BCUT2D eigenvalue weighted by Crippen LogP contribution is 2.35. The van der Waals surface area contributed by atoms with Crippen LogP contribution in [-0.2, 0) is 9.47 Å². The highest BCUT2D eigenvalue weighted by atomic mass is 19.2. The van der Waals surface area contributed by atoms with Gasteiger partial charge in [0, 0.05) is 29.1 Å². The summed E-state index contributed by atoms with van der Waals surface area (Å²) < 4.78 is 74.4. The minimum Gasteiger partial charge on any atom is -0.500 e. The first-order valence-electron chi connectivity index (χ1n) is 10.7. The van der Waals surface area contributed by atoms with Crippen LogP contribution in [0.3, 0.4) is 0 Å². The third-order valence-electron chi connectivity index (χ3n) is 5.55. The van der Waals surface area contributed by atoms with Gasteiger partial charge in [0.15, 0.2) is 29.5 Å². The molecule has 3 aromatic rings. The van der Waals surface area contributed by atoms with Gasteiger partial charge in [0.2, 0.25) is 5.82 Å². The van der Waals surface area contributed by atoms with Gasteiger partial charge in [0.05, 0.1) is 13.2 Å². The van der Waals surface area contributed by atoms with Crippen LogP contribution in [0.5, 0.6) is 5.75 Å². The molecule has 0 N–H and O–H groups in total. The predicted octanol–water partition coefficient (Wildman–Crippen LogP) is 6.32. The van der Waals surface area contributed by atoms with Crippen molar-refractivity contribution in [1.29, 1.82) is 0 Å². The Morgan fingerprint density at radius 3 is 1.94 bits per heavy atom. The maximum absolute atomic E-state index is 14.9. The predicted molar refractivity (Wildman–Crippen MR) is 121 cm³/mol. The molecule has 0 spiro atoms. The van der Waals surface area contributed by atoms with Gasteiger partial charge >= 0.3 is 0 Å². The van der Waals surface area contributed by atoms with Crippen molar-refractivity contribution in [2.24, 2.45) is 5.92 Å². The summed E-state index contributed by atoms with van der Waals surface area (Å²) in [6.45, 7) is 2.28. The first-order valence-corrected chi connectivity index (χ1v) is 10.7. The van der Waals surface area contributed by atoms with Crippen molar-refractivity contribution in [1.82, 2.24) is 0 Å². The van der Waals surface area contributed by atoms with Crippen molar-refractivity contribution in [3.63, 3.8) is 0 Å². The highest BCUT2D eigenvalue weighted by Gasteiger charge is 2.27. The smallest absolute Gasteiger partial charge is 0.201 e. The lowest BCUT2D eigenvalue weighted by Gasteiger charge is -2.28. The molecule has 8 heteroatoms. The first kappa shape index (κ1) is 24.0. The minimum absolute atomic E-state index is 0.00163. The quantitative estimate of drug-likeness (QED) is 0.241. The second-order valence-electron chi connectivity index (χ2n) is 7.74. The molecule has 2 radical (unpaired) electrons. The molecule has 4 rings (SSSR count). The molecule has 0 atom stereocenters. The number of ether oxygens (including phenoxy) is 3. The van der Waals surface area contributed by atoms with Gasteiger partial charge in [-0.2, -0.15) is 4.39 Å². The van der Waals surface area contributed by atoms with Gasteiger partial charge < -0.3 is 14.2 Å². The normalized spacial score (nSPS) is 18.4. The van der Waals surface area contributed by atoms with E-state index in [0.717, 1.165) is 0 Å². The number of halogens is 4. The Kier molecular flexibility index (Phi) is 7.39. The van der Waals surface area contributed by atoms with E-state index in [0.29, 0.717) is 24.3 Å². The summed E-state index contributed by atoms with van der Waals surface area (Å²) in [7, 11) is 5.21. The van der Waals surface area contributed by atoms with Crippen molar-refractivity contribution in [3.05, 3.63) is 89.5 Å². The van der Waals surface area contributed by atoms with E-state index in [4.69, 9.17) is 22.1 Å². The molecule has 1 saturated heterocycles. The fourth-order valence-electron chi connectivity index (χ4n) is 3.84. The highest BCUT2D eigenvalue weighted by molar-refractivity contribution is 6.08. The maximum atomic E-state index is 14.9. The molecule has 0 bridgehead atoms. The lowest BCUT2D eigenvalue weighted by atomic mass is 9.98. The molecule has 34 heavy (non-hydrogen) atoms. The second kappa shape index (κ2) is 10.4. The lowest BCUT2D eigenvalue weighted by molar-refractivity contribution is -0.199. The van der Waals surface area contributed by atoms with E-state index in [1.807, 2.05) is 19.1 Å². The fraction of sp³-hybridized carbons (Fsp3) is 0.231. The van der Waals surface area contributed by atoms with E-state index < -0.39 is 29.6 Å². The van der Waals surface area contributed by atoms with Crippen molar-refractivity contribution < 1.29 is 31.8 Å². The van der Waals surface area contributed by atoms with Gasteiger partial charge in [0.25, 0.3) is 0 Å². The van der Waals surface area contributed by atoms with Crippen LogP contribution >= 0.6 is 0 Å². The first-order chi connectivity index (χ1) is 16.4. The van der Waals surface area contributed by atoms with E-state index in [9.17, 15) is 17.6 Å². The summed E-state index contributed by atoms with van der Waals surface area (Å²) in [5.41, 5.74) is 0.729. The zero-order valence-corrected chi connectivity index (χ0v) is 18.4. The summed E-state index contributed by atoms with van der Waals surface area (Å²) in [4.78, 5) is 0. The third-order valence-corrected chi connectivity index (χ3v) is 5.55. The zero-order chi connectivity index (χ0) is 24.2. The van der Waals surface area contributed by atoms with Crippen molar-refractivity contribution in [2.75, 3.05) is 19.7 Å². The summed E-state index contributed by atoms with van der Waals surface area (Å²) in [5, 5.41) is 0. The molecule has 3 aromatic carbocycles. The third kappa shape index (κ3) is 4.74. The molecule has 0 saturated carbocycles. The summed E-state index contributed by atoms with van der Waals surface area (Å²) in [6.07, 6.45) is 2.83. The molecule has 0 aliphatic carbocycles. The van der Waals surface area contributed by atoms with Crippen LogP contribution in [-0.4, -0.2) is 27.6 Å². The van der Waals surface area contributed by atoms with Crippen LogP contribution in [0.1, 0.15) is 18.8 Å². The van der Waals surface area contributed by atoms with Gasteiger partial charge in [-0.05, 0) is 30.2 Å². The van der Waals surface area contributed by atoms with E-state index in [-0.39, 0.29) is 34.9 Å². The van der Waals surface area contributed by atoms with Gasteiger partial charge in [-0.3, -0.25) is 0 Å². The largest absolute Gasteiger partial charge is 0.500 e. The molecule has 3 nitrogen and oxygen atoms in total. The fourth-order valence-corrected chi connectivity index (χ4v) is 3.84. The van der Waals surface area contributed by atoms with Gasteiger partial charge in [0.1, 0.15) is 7.85 Å². The lowest BCUT2D eigenvalue weighted by Crippen LogP contribution is -2.26. The Morgan fingerprint density at radius 1 is 0.824 bits per heavy atom. The Labute approximate surface area is 196 Å². The Hall–Kier alpha value is -3.10. The van der Waals surface area contributed by atoms with Gasteiger partial charge in [-0.25, -0.2) is 13.2 Å². The number of rotatable bonds is 6. The molecule has 0 amide bonds. The van der Waals surface area contributed by atoms with E-state index in [1.165, 1.54) is 48.5 Å². The van der Waals surface area contributed by atoms with Crippen LogP contribution in [0.25, 0.3) is 22.3 Å². The Balaban J connectivity index is 1.57. The van der Waals surface area contributed by atoms with Crippen LogP contribution in [0.15, 0.2) is 60.7 Å². The van der Waals surface area contributed by atoms with Crippen LogP contribution in [0.2, 0.25) is 0 Å². The molecule has 0 aromatic heterocycles. The number of benzene rings is 3. The monoisotopic (exact) mass is 468 g/mol.